The van der Waals surface area contributed by atoms with E-state index in [0.717, 1.165) is 28.0 Å². The third-order valence-electron chi connectivity index (χ3n) is 2.99. The lowest BCUT2D eigenvalue weighted by Crippen LogP contribution is -1.97. The fourth-order valence-electron chi connectivity index (χ4n) is 2.02. The van der Waals surface area contributed by atoms with E-state index in [1.54, 1.807) is 6.20 Å². The van der Waals surface area contributed by atoms with Crippen LogP contribution in [-0.4, -0.2) is 9.97 Å². The highest BCUT2D eigenvalue weighted by Crippen LogP contribution is 2.18. The number of anilines is 1. The van der Waals surface area contributed by atoms with Crippen molar-refractivity contribution in [2.75, 3.05) is 5.73 Å². The maximum Gasteiger partial charge on any atom is 0.149 e. The Balaban J connectivity index is 1.97. The van der Waals surface area contributed by atoms with E-state index < -0.39 is 0 Å². The standard InChI is InChI=1S/C15H12ClN3/c16-12-4-1-10(2-5-12)9-13-6-3-11-7-8-18-15(17)14(11)19-13/h1-8H,9H2,(H2,17,18). The van der Waals surface area contributed by atoms with Gasteiger partial charge in [-0.15, -0.1) is 0 Å². The molecule has 0 amide bonds. The number of benzene rings is 1. The molecule has 0 aliphatic carbocycles. The fourth-order valence-corrected chi connectivity index (χ4v) is 2.14. The quantitative estimate of drug-likeness (QED) is 0.775. The van der Waals surface area contributed by atoms with Crippen LogP contribution in [0.5, 0.6) is 0 Å². The molecule has 0 aliphatic heterocycles. The summed E-state index contributed by atoms with van der Waals surface area (Å²) < 4.78 is 0. The Hall–Kier alpha value is -2.13. The number of nitrogens with two attached hydrogens (primary N) is 1. The summed E-state index contributed by atoms with van der Waals surface area (Å²) in [5, 5.41) is 1.75. The number of fused-ring (bicyclic) bond motifs is 1. The van der Waals surface area contributed by atoms with Crippen LogP contribution in [0.3, 0.4) is 0 Å². The number of halogens is 1. The van der Waals surface area contributed by atoms with E-state index in [2.05, 4.69) is 9.97 Å². The molecule has 2 aromatic heterocycles. The van der Waals surface area contributed by atoms with Gasteiger partial charge in [0.15, 0.2) is 0 Å². The Kier molecular flexibility index (Phi) is 3.05. The lowest BCUT2D eigenvalue weighted by Gasteiger charge is -2.05. The van der Waals surface area contributed by atoms with Gasteiger partial charge in [0.2, 0.25) is 0 Å². The van der Waals surface area contributed by atoms with Gasteiger partial charge < -0.3 is 5.73 Å². The molecule has 0 saturated carbocycles. The molecular weight excluding hydrogens is 258 g/mol. The lowest BCUT2D eigenvalue weighted by atomic mass is 10.1. The highest BCUT2D eigenvalue weighted by Gasteiger charge is 2.03. The molecule has 3 nitrogen and oxygen atoms in total. The van der Waals surface area contributed by atoms with Gasteiger partial charge >= 0.3 is 0 Å². The molecule has 0 unspecified atom stereocenters. The van der Waals surface area contributed by atoms with Crippen LogP contribution in [0.1, 0.15) is 11.3 Å². The Morgan fingerprint density at radius 3 is 2.58 bits per heavy atom. The summed E-state index contributed by atoms with van der Waals surface area (Å²) in [6.45, 7) is 0. The average Bonchev–Trinajstić information content (AvgIpc) is 2.42. The molecular formula is C15H12ClN3. The topological polar surface area (TPSA) is 51.8 Å². The van der Waals surface area contributed by atoms with E-state index in [9.17, 15) is 0 Å². The Morgan fingerprint density at radius 2 is 1.79 bits per heavy atom. The molecule has 3 rings (SSSR count). The normalized spacial score (nSPS) is 10.8. The van der Waals surface area contributed by atoms with E-state index in [0.29, 0.717) is 5.82 Å². The molecule has 0 fully saturated rings. The van der Waals surface area contributed by atoms with Crippen LogP contribution in [0.25, 0.3) is 10.9 Å². The van der Waals surface area contributed by atoms with Gasteiger partial charge in [-0.3, -0.25) is 0 Å². The number of pyridine rings is 2. The molecule has 0 spiro atoms. The molecule has 0 radical (unpaired) electrons. The molecule has 0 aliphatic rings. The van der Waals surface area contributed by atoms with Crippen molar-refractivity contribution in [3.8, 4) is 0 Å². The van der Waals surface area contributed by atoms with E-state index in [1.807, 2.05) is 42.5 Å². The first-order valence-electron chi connectivity index (χ1n) is 5.97. The Bertz CT molecular complexity index is 723. The number of nitrogen functional groups attached to an aromatic ring is 1. The predicted octanol–water partition coefficient (Wildman–Crippen LogP) is 3.46. The van der Waals surface area contributed by atoms with Crippen LogP contribution >= 0.6 is 11.6 Å². The monoisotopic (exact) mass is 269 g/mol. The third kappa shape index (κ3) is 2.51. The van der Waals surface area contributed by atoms with Gasteiger partial charge in [-0.2, -0.15) is 0 Å². The molecule has 3 aromatic rings. The predicted molar refractivity (Wildman–Crippen MR) is 78.2 cm³/mol. The average molecular weight is 270 g/mol. The van der Waals surface area contributed by atoms with Crippen LogP contribution in [0, 0.1) is 0 Å². The minimum absolute atomic E-state index is 0.468. The second-order valence-corrected chi connectivity index (χ2v) is 4.81. The third-order valence-corrected chi connectivity index (χ3v) is 3.24. The molecule has 19 heavy (non-hydrogen) atoms. The maximum atomic E-state index is 5.87. The lowest BCUT2D eigenvalue weighted by molar-refractivity contribution is 1.10. The summed E-state index contributed by atoms with van der Waals surface area (Å²) >= 11 is 5.87. The molecule has 94 valence electrons. The van der Waals surface area contributed by atoms with Crippen molar-refractivity contribution in [3.63, 3.8) is 0 Å². The largest absolute Gasteiger partial charge is 0.382 e. The van der Waals surface area contributed by atoms with Gasteiger partial charge in [0.05, 0.1) is 0 Å². The zero-order valence-electron chi connectivity index (χ0n) is 10.2. The van der Waals surface area contributed by atoms with Gasteiger partial charge in [0.1, 0.15) is 11.3 Å². The van der Waals surface area contributed by atoms with E-state index in [4.69, 9.17) is 17.3 Å². The minimum atomic E-state index is 0.468. The summed E-state index contributed by atoms with van der Waals surface area (Å²) in [7, 11) is 0. The number of rotatable bonds is 2. The summed E-state index contributed by atoms with van der Waals surface area (Å²) in [5.74, 6) is 0.468. The SMILES string of the molecule is Nc1nccc2ccc(Cc3ccc(Cl)cc3)nc12. The maximum absolute atomic E-state index is 5.87. The molecule has 0 saturated heterocycles. The van der Waals surface area contributed by atoms with Crippen molar-refractivity contribution in [2.24, 2.45) is 0 Å². The molecule has 2 heterocycles. The van der Waals surface area contributed by atoms with Gasteiger partial charge in [0.25, 0.3) is 0 Å². The van der Waals surface area contributed by atoms with Crippen LogP contribution in [0.15, 0.2) is 48.7 Å². The molecule has 2 N–H and O–H groups in total. The summed E-state index contributed by atoms with van der Waals surface area (Å²) in [6.07, 6.45) is 2.44. The van der Waals surface area contributed by atoms with Crippen molar-refractivity contribution in [1.82, 2.24) is 9.97 Å². The highest BCUT2D eigenvalue weighted by atomic mass is 35.5. The highest BCUT2D eigenvalue weighted by molar-refractivity contribution is 6.30. The zero-order valence-corrected chi connectivity index (χ0v) is 10.9. The molecule has 4 heteroatoms. The van der Waals surface area contributed by atoms with Crippen LogP contribution < -0.4 is 5.73 Å². The zero-order chi connectivity index (χ0) is 13.2. The first-order chi connectivity index (χ1) is 9.22. The van der Waals surface area contributed by atoms with Crippen molar-refractivity contribution < 1.29 is 0 Å². The Morgan fingerprint density at radius 1 is 1.00 bits per heavy atom. The second-order valence-electron chi connectivity index (χ2n) is 4.37. The van der Waals surface area contributed by atoms with Gasteiger partial charge in [0, 0.05) is 28.7 Å². The van der Waals surface area contributed by atoms with Crippen molar-refractivity contribution >= 4 is 28.3 Å². The summed E-state index contributed by atoms with van der Waals surface area (Å²) in [4.78, 5) is 8.64. The van der Waals surface area contributed by atoms with E-state index >= 15 is 0 Å². The molecule has 1 aromatic carbocycles. The van der Waals surface area contributed by atoms with E-state index in [1.165, 1.54) is 5.56 Å². The minimum Gasteiger partial charge on any atom is -0.382 e. The van der Waals surface area contributed by atoms with Gasteiger partial charge in [-0.1, -0.05) is 29.8 Å². The van der Waals surface area contributed by atoms with Crippen molar-refractivity contribution in [1.29, 1.82) is 0 Å². The first kappa shape index (κ1) is 11.9. The second kappa shape index (κ2) is 4.86. The molecule has 0 atom stereocenters. The van der Waals surface area contributed by atoms with Gasteiger partial charge in [-0.05, 0) is 29.8 Å². The molecule has 0 bridgehead atoms. The van der Waals surface area contributed by atoms with Crippen molar-refractivity contribution in [3.05, 3.63) is 64.9 Å². The number of hydrogen-bond donors (Lipinski definition) is 1. The summed E-state index contributed by atoms with van der Waals surface area (Å²) in [5.41, 5.74) is 8.74. The van der Waals surface area contributed by atoms with Crippen LogP contribution in [0.2, 0.25) is 5.02 Å². The number of hydrogen-bond acceptors (Lipinski definition) is 3. The smallest absolute Gasteiger partial charge is 0.149 e. The van der Waals surface area contributed by atoms with E-state index in [-0.39, 0.29) is 0 Å². The fraction of sp³-hybridized carbons (Fsp3) is 0.0667. The van der Waals surface area contributed by atoms with Crippen LogP contribution in [-0.2, 0) is 6.42 Å². The first-order valence-corrected chi connectivity index (χ1v) is 6.35. The van der Waals surface area contributed by atoms with Crippen LogP contribution in [0.4, 0.5) is 5.82 Å². The number of aromatic nitrogens is 2. The Labute approximate surface area is 116 Å². The summed E-state index contributed by atoms with van der Waals surface area (Å²) in [6, 6.07) is 13.7. The van der Waals surface area contributed by atoms with Gasteiger partial charge in [-0.25, -0.2) is 9.97 Å². The number of nitrogens with zero attached hydrogens (tertiary/aromatic N) is 2. The van der Waals surface area contributed by atoms with Crippen molar-refractivity contribution in [2.45, 2.75) is 6.42 Å².